The zero-order chi connectivity index (χ0) is 19.8. The van der Waals surface area contributed by atoms with E-state index in [9.17, 15) is 4.79 Å². The highest BCUT2D eigenvalue weighted by atomic mass is 32.1. The highest BCUT2D eigenvalue weighted by Gasteiger charge is 2.33. The highest BCUT2D eigenvalue weighted by Crippen LogP contribution is 2.37. The summed E-state index contributed by atoms with van der Waals surface area (Å²) in [6.45, 7) is 0.703. The van der Waals surface area contributed by atoms with E-state index in [0.29, 0.717) is 11.6 Å². The van der Waals surface area contributed by atoms with Gasteiger partial charge in [0.25, 0.3) is 5.91 Å². The van der Waals surface area contributed by atoms with Crippen LogP contribution in [0.2, 0.25) is 0 Å². The first-order valence-corrected chi connectivity index (χ1v) is 10.9. The van der Waals surface area contributed by atoms with E-state index >= 15 is 0 Å². The third-order valence-corrected chi connectivity index (χ3v) is 6.72. The van der Waals surface area contributed by atoms with Crippen LogP contribution in [0.5, 0.6) is 5.75 Å². The van der Waals surface area contributed by atoms with E-state index in [-0.39, 0.29) is 11.9 Å². The van der Waals surface area contributed by atoms with Crippen molar-refractivity contribution in [1.82, 2.24) is 14.9 Å². The molecular formula is C23H23N3O2S. The molecule has 2 aliphatic rings. The maximum absolute atomic E-state index is 13.3. The van der Waals surface area contributed by atoms with E-state index in [1.165, 1.54) is 39.3 Å². The number of rotatable bonds is 4. The predicted molar refractivity (Wildman–Crippen MR) is 114 cm³/mol. The molecule has 0 radical (unpaired) electrons. The molecule has 1 amide bonds. The van der Waals surface area contributed by atoms with Crippen LogP contribution in [0.4, 0.5) is 0 Å². The molecule has 1 N–H and O–H groups in total. The van der Waals surface area contributed by atoms with Gasteiger partial charge < -0.3 is 14.6 Å². The highest BCUT2D eigenvalue weighted by molar-refractivity contribution is 7.11. The fourth-order valence-electron chi connectivity index (χ4n) is 4.49. The molecule has 1 atom stereocenters. The van der Waals surface area contributed by atoms with Crippen molar-refractivity contribution < 1.29 is 9.53 Å². The van der Waals surface area contributed by atoms with E-state index in [2.05, 4.69) is 40.4 Å². The third kappa shape index (κ3) is 3.27. The van der Waals surface area contributed by atoms with Gasteiger partial charge in [0.05, 0.1) is 13.2 Å². The van der Waals surface area contributed by atoms with Crippen molar-refractivity contribution in [2.75, 3.05) is 13.7 Å². The number of carbonyl (C=O) groups excluding carboxylic acids is 1. The number of aromatic nitrogens is 2. The van der Waals surface area contributed by atoms with Crippen molar-refractivity contribution >= 4 is 23.3 Å². The Morgan fingerprint density at radius 3 is 3.14 bits per heavy atom. The summed E-state index contributed by atoms with van der Waals surface area (Å²) >= 11 is 1.40. The van der Waals surface area contributed by atoms with Gasteiger partial charge in [-0.25, -0.2) is 4.98 Å². The molecule has 6 heteroatoms. The fraction of sp³-hybridized carbons (Fsp3) is 0.304. The number of carbonyl (C=O) groups is 1. The molecule has 2 aromatic heterocycles. The maximum Gasteiger partial charge on any atom is 0.283 e. The summed E-state index contributed by atoms with van der Waals surface area (Å²) in [5.74, 6) is 0.846. The lowest BCUT2D eigenvalue weighted by molar-refractivity contribution is 0.0659. The number of fused-ring (bicyclic) bond motifs is 2. The molecule has 1 aromatic carbocycles. The maximum atomic E-state index is 13.3. The van der Waals surface area contributed by atoms with Gasteiger partial charge in [-0.1, -0.05) is 12.1 Å². The lowest BCUT2D eigenvalue weighted by Gasteiger charge is -2.37. The minimum Gasteiger partial charge on any atom is -0.497 e. The molecule has 0 fully saturated rings. The summed E-state index contributed by atoms with van der Waals surface area (Å²) in [4.78, 5) is 23.0. The molecule has 3 aromatic rings. The summed E-state index contributed by atoms with van der Waals surface area (Å²) in [5.41, 5.74) is 6.35. The number of methoxy groups -OCH3 is 1. The zero-order valence-electron chi connectivity index (χ0n) is 16.4. The molecule has 0 saturated carbocycles. The number of nitrogens with one attached hydrogen (secondary N) is 1. The Kier molecular flexibility index (Phi) is 4.72. The van der Waals surface area contributed by atoms with E-state index < -0.39 is 0 Å². The average molecular weight is 406 g/mol. The number of hydrogen-bond donors (Lipinski definition) is 1. The number of hydrogen-bond acceptors (Lipinski definition) is 4. The van der Waals surface area contributed by atoms with Crippen molar-refractivity contribution in [3.63, 3.8) is 0 Å². The average Bonchev–Trinajstić information content (AvgIpc) is 3.44. The van der Waals surface area contributed by atoms with Crippen LogP contribution in [0.25, 0.3) is 6.08 Å². The van der Waals surface area contributed by atoms with E-state index in [1.807, 2.05) is 16.3 Å². The largest absolute Gasteiger partial charge is 0.497 e. The van der Waals surface area contributed by atoms with Crippen molar-refractivity contribution in [3.8, 4) is 5.75 Å². The third-order valence-electron chi connectivity index (χ3n) is 5.96. The summed E-state index contributed by atoms with van der Waals surface area (Å²) < 4.78 is 5.49. The summed E-state index contributed by atoms with van der Waals surface area (Å²) in [6, 6.07) is 6.22. The van der Waals surface area contributed by atoms with Crippen LogP contribution >= 0.6 is 11.3 Å². The van der Waals surface area contributed by atoms with Gasteiger partial charge >= 0.3 is 0 Å². The Hall–Kier alpha value is -2.86. The van der Waals surface area contributed by atoms with Gasteiger partial charge in [-0.15, -0.1) is 11.3 Å². The van der Waals surface area contributed by atoms with Gasteiger partial charge in [0.1, 0.15) is 5.75 Å². The predicted octanol–water partition coefficient (Wildman–Crippen LogP) is 4.42. The van der Waals surface area contributed by atoms with Gasteiger partial charge in [0.15, 0.2) is 5.01 Å². The molecule has 1 unspecified atom stereocenters. The molecule has 0 saturated heterocycles. The minimum absolute atomic E-state index is 0.0165. The topological polar surface area (TPSA) is 58.2 Å². The number of thiazole rings is 1. The number of amides is 1. The molecule has 148 valence electrons. The van der Waals surface area contributed by atoms with Crippen molar-refractivity contribution in [3.05, 3.63) is 75.0 Å². The first-order chi connectivity index (χ1) is 14.2. The first kappa shape index (κ1) is 18.2. The van der Waals surface area contributed by atoms with Crippen LogP contribution in [0.15, 0.2) is 42.0 Å². The zero-order valence-corrected chi connectivity index (χ0v) is 17.2. The van der Waals surface area contributed by atoms with Crippen LogP contribution in [-0.2, 0) is 19.3 Å². The molecule has 5 rings (SSSR count). The van der Waals surface area contributed by atoms with Gasteiger partial charge in [-0.2, -0.15) is 0 Å². The number of allylic oxidation sites excluding steroid dienone is 1. The molecule has 1 aliphatic carbocycles. The number of benzene rings is 1. The Morgan fingerprint density at radius 1 is 1.38 bits per heavy atom. The second-order valence-corrected chi connectivity index (χ2v) is 8.41. The number of nitrogens with zero attached hydrogens (tertiary/aromatic N) is 2. The lowest BCUT2D eigenvalue weighted by Crippen LogP contribution is -2.41. The molecular weight excluding hydrogens is 382 g/mol. The number of H-pyrrole nitrogens is 1. The smallest absolute Gasteiger partial charge is 0.283 e. The van der Waals surface area contributed by atoms with Crippen LogP contribution in [0.3, 0.4) is 0 Å². The normalized spacial score (nSPS) is 17.7. The van der Waals surface area contributed by atoms with Crippen molar-refractivity contribution in [2.24, 2.45) is 0 Å². The van der Waals surface area contributed by atoms with Crippen LogP contribution < -0.4 is 4.74 Å². The molecule has 1 aliphatic heterocycles. The van der Waals surface area contributed by atoms with E-state index in [1.54, 1.807) is 13.3 Å². The quantitative estimate of drug-likeness (QED) is 0.699. The van der Waals surface area contributed by atoms with Crippen LogP contribution in [0.1, 0.15) is 50.2 Å². The van der Waals surface area contributed by atoms with E-state index in [0.717, 1.165) is 31.4 Å². The molecule has 29 heavy (non-hydrogen) atoms. The van der Waals surface area contributed by atoms with Gasteiger partial charge in [-0.05, 0) is 66.1 Å². The molecule has 0 bridgehead atoms. The van der Waals surface area contributed by atoms with Gasteiger partial charge in [-0.3, -0.25) is 4.79 Å². The van der Waals surface area contributed by atoms with Crippen molar-refractivity contribution in [2.45, 2.75) is 31.7 Å². The molecule has 3 heterocycles. The fourth-order valence-corrected chi connectivity index (χ4v) is 5.08. The first-order valence-electron chi connectivity index (χ1n) is 9.97. The SMILES string of the molecule is COc1ccc2c(c1)C(Cc1c[nH]c3c1CCC=C3)N(C(=O)c1nccs1)CC2. The molecule has 5 nitrogen and oxygen atoms in total. The lowest BCUT2D eigenvalue weighted by atomic mass is 9.87. The summed E-state index contributed by atoms with van der Waals surface area (Å²) in [5, 5.41) is 2.42. The van der Waals surface area contributed by atoms with Crippen LogP contribution in [-0.4, -0.2) is 34.4 Å². The van der Waals surface area contributed by atoms with E-state index in [4.69, 9.17) is 4.74 Å². The monoisotopic (exact) mass is 405 g/mol. The Morgan fingerprint density at radius 2 is 2.31 bits per heavy atom. The Bertz CT molecular complexity index is 1070. The van der Waals surface area contributed by atoms with Crippen LogP contribution in [0, 0.1) is 0 Å². The number of aromatic amines is 1. The summed E-state index contributed by atoms with van der Waals surface area (Å²) in [6.07, 6.45) is 11.9. The van der Waals surface area contributed by atoms with Gasteiger partial charge in [0, 0.05) is 30.0 Å². The Labute approximate surface area is 174 Å². The number of ether oxygens (including phenoxy) is 1. The molecule has 0 spiro atoms. The van der Waals surface area contributed by atoms with Gasteiger partial charge in [0.2, 0.25) is 0 Å². The summed E-state index contributed by atoms with van der Waals surface area (Å²) in [7, 11) is 1.69. The standard InChI is InChI=1S/C23H23N3O2S/c1-28-17-7-6-15-8-10-26(23(27)22-24-9-11-29-22)21(19(15)13-17)12-16-14-25-20-5-3-2-4-18(16)20/h3,5-7,9,11,13-14,21,25H,2,4,8,10,12H2,1H3. The van der Waals surface area contributed by atoms with Crippen molar-refractivity contribution in [1.29, 1.82) is 0 Å². The Balaban J connectivity index is 1.56. The minimum atomic E-state index is -0.0314. The second-order valence-electron chi connectivity index (χ2n) is 7.52. The second kappa shape index (κ2) is 7.52.